The molecule has 19 heavy (non-hydrogen) atoms. The van der Waals surface area contributed by atoms with Crippen LogP contribution in [0, 0.1) is 5.82 Å². The summed E-state index contributed by atoms with van der Waals surface area (Å²) in [5.74, 6) is -3.02. The molecule has 0 spiro atoms. The van der Waals surface area contributed by atoms with Crippen molar-refractivity contribution in [2.24, 2.45) is 0 Å². The molecule has 0 amide bonds. The molecule has 6 heteroatoms. The summed E-state index contributed by atoms with van der Waals surface area (Å²) < 4.78 is 23.9. The number of rotatable bonds is 3. The van der Waals surface area contributed by atoms with Gasteiger partial charge in [-0.1, -0.05) is 11.6 Å². The third kappa shape index (κ3) is 2.56. The molecule has 0 N–H and O–H groups in total. The highest BCUT2D eigenvalue weighted by Crippen LogP contribution is 2.35. The van der Waals surface area contributed by atoms with Gasteiger partial charge in [-0.25, -0.2) is 9.18 Å². The van der Waals surface area contributed by atoms with Gasteiger partial charge >= 0.3 is 5.97 Å². The van der Waals surface area contributed by atoms with Gasteiger partial charge in [-0.15, -0.1) is 0 Å². The van der Waals surface area contributed by atoms with Crippen molar-refractivity contribution in [2.45, 2.75) is 19.8 Å². The summed E-state index contributed by atoms with van der Waals surface area (Å²) in [5.41, 5.74) is 0.200. The van der Waals surface area contributed by atoms with Gasteiger partial charge in [0.05, 0.1) is 18.2 Å². The van der Waals surface area contributed by atoms with Crippen molar-refractivity contribution in [2.75, 3.05) is 13.2 Å². The van der Waals surface area contributed by atoms with Crippen LogP contribution in [-0.2, 0) is 16.0 Å². The van der Waals surface area contributed by atoms with Crippen LogP contribution in [0.1, 0.15) is 29.3 Å². The predicted molar refractivity (Wildman–Crippen MR) is 66.2 cm³/mol. The second-order valence-electron chi connectivity index (χ2n) is 4.04. The normalized spacial score (nSPS) is 13.4. The molecule has 1 aliphatic rings. The van der Waals surface area contributed by atoms with Crippen molar-refractivity contribution in [3.63, 3.8) is 0 Å². The van der Waals surface area contributed by atoms with E-state index in [1.54, 1.807) is 6.92 Å². The summed E-state index contributed by atoms with van der Waals surface area (Å²) in [6.45, 7) is 1.97. The van der Waals surface area contributed by atoms with Gasteiger partial charge < -0.3 is 9.47 Å². The van der Waals surface area contributed by atoms with Gasteiger partial charge in [0, 0.05) is 0 Å². The van der Waals surface area contributed by atoms with E-state index in [0.29, 0.717) is 18.6 Å². The Balaban J connectivity index is 2.52. The minimum Gasteiger partial charge on any atom is -0.492 e. The van der Waals surface area contributed by atoms with Gasteiger partial charge in [0.25, 0.3) is 5.78 Å². The maximum atomic E-state index is 14.0. The molecule has 1 heterocycles. The lowest BCUT2D eigenvalue weighted by Gasteiger charge is -2.20. The van der Waals surface area contributed by atoms with Crippen molar-refractivity contribution >= 4 is 23.4 Å². The number of esters is 1. The Morgan fingerprint density at radius 2 is 2.26 bits per heavy atom. The fraction of sp³-hybridized carbons (Fsp3) is 0.385. The first kappa shape index (κ1) is 13.8. The number of ether oxygens (including phenoxy) is 2. The number of fused-ring (bicyclic) bond motifs is 1. The first-order valence-corrected chi connectivity index (χ1v) is 6.29. The van der Waals surface area contributed by atoms with Crippen molar-refractivity contribution < 1.29 is 23.5 Å². The number of halogens is 2. The second kappa shape index (κ2) is 5.57. The number of carbonyl (C=O) groups excluding carboxylic acids is 2. The van der Waals surface area contributed by atoms with Crippen molar-refractivity contribution in [3.05, 3.63) is 28.0 Å². The minimum atomic E-state index is -1.11. The number of ketones is 1. The Morgan fingerprint density at radius 1 is 1.53 bits per heavy atom. The van der Waals surface area contributed by atoms with Crippen LogP contribution < -0.4 is 4.74 Å². The fourth-order valence-corrected chi connectivity index (χ4v) is 2.18. The van der Waals surface area contributed by atoms with Crippen molar-refractivity contribution in [3.8, 4) is 5.75 Å². The lowest BCUT2D eigenvalue weighted by molar-refractivity contribution is -0.137. The van der Waals surface area contributed by atoms with Crippen LogP contribution in [0.2, 0.25) is 5.02 Å². The third-order valence-corrected chi connectivity index (χ3v) is 3.05. The van der Waals surface area contributed by atoms with E-state index in [1.807, 2.05) is 0 Å². The molecule has 0 saturated heterocycles. The van der Waals surface area contributed by atoms with Crippen LogP contribution in [0.25, 0.3) is 0 Å². The number of carbonyl (C=O) groups is 2. The highest BCUT2D eigenvalue weighted by atomic mass is 35.5. The van der Waals surface area contributed by atoms with E-state index in [2.05, 4.69) is 4.74 Å². The van der Waals surface area contributed by atoms with Gasteiger partial charge in [0.2, 0.25) is 0 Å². The zero-order valence-corrected chi connectivity index (χ0v) is 11.1. The molecule has 1 aliphatic heterocycles. The lowest BCUT2D eigenvalue weighted by Crippen LogP contribution is -2.22. The monoisotopic (exact) mass is 286 g/mol. The number of hydrogen-bond donors (Lipinski definition) is 0. The standard InChI is InChI=1S/C13H12ClFO4/c1-2-18-13(17)11(16)9-10(15)8(14)6-7-4-3-5-19-12(7)9/h6H,2-5H2,1H3. The number of hydrogen-bond acceptors (Lipinski definition) is 4. The van der Waals surface area contributed by atoms with E-state index in [9.17, 15) is 14.0 Å². The van der Waals surface area contributed by atoms with Crippen LogP contribution in [0.5, 0.6) is 5.75 Å². The first-order chi connectivity index (χ1) is 9.06. The quantitative estimate of drug-likeness (QED) is 0.487. The van der Waals surface area contributed by atoms with Crippen LogP contribution in [-0.4, -0.2) is 25.0 Å². The molecule has 0 saturated carbocycles. The fourth-order valence-electron chi connectivity index (χ4n) is 1.95. The van der Waals surface area contributed by atoms with Crippen molar-refractivity contribution in [1.29, 1.82) is 0 Å². The zero-order chi connectivity index (χ0) is 14.0. The first-order valence-electron chi connectivity index (χ1n) is 5.91. The maximum Gasteiger partial charge on any atom is 0.379 e. The molecule has 102 valence electrons. The van der Waals surface area contributed by atoms with Crippen LogP contribution in [0.3, 0.4) is 0 Å². The van der Waals surface area contributed by atoms with Crippen LogP contribution >= 0.6 is 11.6 Å². The second-order valence-corrected chi connectivity index (χ2v) is 4.44. The summed E-state index contributed by atoms with van der Waals surface area (Å²) >= 11 is 5.74. The highest BCUT2D eigenvalue weighted by Gasteiger charge is 2.30. The van der Waals surface area contributed by atoms with Gasteiger partial charge in [-0.2, -0.15) is 0 Å². The summed E-state index contributed by atoms with van der Waals surface area (Å²) in [6, 6.07) is 1.42. The molecular formula is C13H12ClFO4. The Bertz CT molecular complexity index is 542. The highest BCUT2D eigenvalue weighted by molar-refractivity contribution is 6.42. The zero-order valence-electron chi connectivity index (χ0n) is 10.3. The summed E-state index contributed by atoms with van der Waals surface area (Å²) in [6.07, 6.45) is 1.38. The minimum absolute atomic E-state index is 0.0375. The predicted octanol–water partition coefficient (Wildman–Crippen LogP) is 2.55. The molecule has 2 rings (SSSR count). The molecule has 0 aromatic heterocycles. The molecule has 0 bridgehead atoms. The number of aryl methyl sites for hydroxylation is 1. The van der Waals surface area contributed by atoms with Crippen molar-refractivity contribution in [1.82, 2.24) is 0 Å². The van der Waals surface area contributed by atoms with E-state index in [-0.39, 0.29) is 17.4 Å². The lowest BCUT2D eigenvalue weighted by atomic mass is 9.99. The summed E-state index contributed by atoms with van der Waals surface area (Å²) in [7, 11) is 0. The average Bonchev–Trinajstić information content (AvgIpc) is 2.40. The molecule has 0 radical (unpaired) electrons. The van der Waals surface area contributed by atoms with Gasteiger partial charge in [0.15, 0.2) is 5.82 Å². The van der Waals surface area contributed by atoms with Gasteiger partial charge in [0.1, 0.15) is 11.3 Å². The molecule has 0 aliphatic carbocycles. The Kier molecular flexibility index (Phi) is 4.04. The maximum absolute atomic E-state index is 14.0. The smallest absolute Gasteiger partial charge is 0.379 e. The SMILES string of the molecule is CCOC(=O)C(=O)c1c(F)c(Cl)cc2c1OCCC2. The summed E-state index contributed by atoms with van der Waals surface area (Å²) in [4.78, 5) is 23.4. The van der Waals surface area contributed by atoms with Gasteiger partial charge in [-0.3, -0.25) is 4.79 Å². The average molecular weight is 287 g/mol. The molecular weight excluding hydrogens is 275 g/mol. The molecule has 1 aromatic rings. The van der Waals surface area contributed by atoms with Crippen LogP contribution in [0.4, 0.5) is 4.39 Å². The molecule has 4 nitrogen and oxygen atoms in total. The van der Waals surface area contributed by atoms with E-state index in [1.165, 1.54) is 6.07 Å². The molecule has 0 atom stereocenters. The Morgan fingerprint density at radius 3 is 2.95 bits per heavy atom. The van der Waals surface area contributed by atoms with E-state index in [4.69, 9.17) is 16.3 Å². The van der Waals surface area contributed by atoms with E-state index in [0.717, 1.165) is 6.42 Å². The number of benzene rings is 1. The largest absolute Gasteiger partial charge is 0.492 e. The van der Waals surface area contributed by atoms with Crippen LogP contribution in [0.15, 0.2) is 6.07 Å². The summed E-state index contributed by atoms with van der Waals surface area (Å²) in [5, 5.41) is -0.197. The molecule has 1 aromatic carbocycles. The molecule has 0 unspecified atom stereocenters. The topological polar surface area (TPSA) is 52.6 Å². The third-order valence-electron chi connectivity index (χ3n) is 2.77. The van der Waals surface area contributed by atoms with E-state index < -0.39 is 23.1 Å². The van der Waals surface area contributed by atoms with Gasteiger partial charge in [-0.05, 0) is 31.4 Å². The number of Topliss-reactive ketones (excluding diaryl/α,β-unsaturated/α-hetero) is 1. The molecule has 0 fully saturated rings. The van der Waals surface area contributed by atoms with E-state index >= 15 is 0 Å². The Labute approximate surface area is 114 Å². The Hall–Kier alpha value is -1.62.